The summed E-state index contributed by atoms with van der Waals surface area (Å²) in [5.74, 6) is 0. The van der Waals surface area contributed by atoms with E-state index in [1.54, 1.807) is 0 Å². The minimum atomic E-state index is 1.12. The predicted octanol–water partition coefficient (Wildman–Crippen LogP) is 4.60. The van der Waals surface area contributed by atoms with Gasteiger partial charge in [0.05, 0.1) is 0 Å². The third-order valence-electron chi connectivity index (χ3n) is 2.19. The maximum absolute atomic E-state index is 3.30. The molecule has 1 aliphatic rings. The molecule has 2 aromatic carbocycles. The lowest BCUT2D eigenvalue weighted by Crippen LogP contribution is -1.87. The number of benzene rings is 2. The predicted molar refractivity (Wildman–Crippen MR) is 70.0 cm³/mol. The van der Waals surface area contributed by atoms with Crippen LogP contribution >= 0.6 is 0 Å². The molecule has 1 aliphatic carbocycles. The van der Waals surface area contributed by atoms with Gasteiger partial charge >= 0.3 is 0 Å². The van der Waals surface area contributed by atoms with Gasteiger partial charge in [0.25, 0.3) is 0 Å². The van der Waals surface area contributed by atoms with Crippen molar-refractivity contribution in [3.05, 3.63) is 60.7 Å². The molecule has 0 spiro atoms. The first-order chi connectivity index (χ1) is 7.95. The van der Waals surface area contributed by atoms with Crippen molar-refractivity contribution in [1.29, 1.82) is 0 Å². The fraction of sp³-hybridized carbons (Fsp3) is 0.200. The molecular formula is C15H17N. The van der Waals surface area contributed by atoms with Gasteiger partial charge < -0.3 is 5.32 Å². The van der Waals surface area contributed by atoms with Gasteiger partial charge in [-0.15, -0.1) is 0 Å². The summed E-state index contributed by atoms with van der Waals surface area (Å²) in [6.07, 6.45) is 4.50. The van der Waals surface area contributed by atoms with Gasteiger partial charge in [-0.05, 0) is 24.3 Å². The number of para-hydroxylation sites is 2. The number of nitrogens with one attached hydrogen (secondary N) is 1. The Hall–Kier alpha value is -1.76. The molecule has 0 amide bonds. The van der Waals surface area contributed by atoms with Crippen LogP contribution in [-0.4, -0.2) is 0 Å². The topological polar surface area (TPSA) is 12.0 Å². The smallest absolute Gasteiger partial charge is 0.0384 e. The van der Waals surface area contributed by atoms with Gasteiger partial charge in [0, 0.05) is 11.4 Å². The van der Waals surface area contributed by atoms with E-state index in [9.17, 15) is 0 Å². The van der Waals surface area contributed by atoms with Crippen LogP contribution in [0.1, 0.15) is 19.3 Å². The van der Waals surface area contributed by atoms with Crippen LogP contribution in [0.5, 0.6) is 0 Å². The van der Waals surface area contributed by atoms with Gasteiger partial charge in [0.1, 0.15) is 0 Å². The third-order valence-corrected chi connectivity index (χ3v) is 2.19. The van der Waals surface area contributed by atoms with Crippen LogP contribution < -0.4 is 5.32 Å². The molecule has 2 aromatic rings. The molecular weight excluding hydrogens is 194 g/mol. The van der Waals surface area contributed by atoms with E-state index < -0.39 is 0 Å². The highest BCUT2D eigenvalue weighted by Gasteiger charge is 1.95. The summed E-state index contributed by atoms with van der Waals surface area (Å²) < 4.78 is 0. The summed E-state index contributed by atoms with van der Waals surface area (Å²) in [6.45, 7) is 0. The van der Waals surface area contributed by atoms with Crippen LogP contribution in [0.2, 0.25) is 0 Å². The summed E-state index contributed by atoms with van der Waals surface area (Å²) in [6, 6.07) is 20.3. The maximum Gasteiger partial charge on any atom is 0.0384 e. The molecule has 0 saturated heterocycles. The van der Waals surface area contributed by atoms with E-state index in [1.165, 1.54) is 19.3 Å². The zero-order valence-electron chi connectivity index (χ0n) is 9.39. The molecule has 0 heterocycles. The van der Waals surface area contributed by atoms with Gasteiger partial charge in [0.2, 0.25) is 0 Å². The Kier molecular flexibility index (Phi) is 4.00. The van der Waals surface area contributed by atoms with Gasteiger partial charge in [0.15, 0.2) is 0 Å². The van der Waals surface area contributed by atoms with Crippen LogP contribution in [0.4, 0.5) is 11.4 Å². The molecule has 0 unspecified atom stereocenters. The average molecular weight is 211 g/mol. The number of rotatable bonds is 2. The first kappa shape index (κ1) is 10.7. The fourth-order valence-electron chi connectivity index (χ4n) is 1.21. The highest BCUT2D eigenvalue weighted by Crippen LogP contribution is 2.15. The van der Waals surface area contributed by atoms with Crippen molar-refractivity contribution in [2.75, 3.05) is 5.32 Å². The molecule has 0 bridgehead atoms. The van der Waals surface area contributed by atoms with E-state index in [0.29, 0.717) is 0 Å². The number of anilines is 2. The highest BCUT2D eigenvalue weighted by atomic mass is 14.9. The minimum absolute atomic E-state index is 1.12. The van der Waals surface area contributed by atoms with Gasteiger partial charge in [-0.1, -0.05) is 55.7 Å². The van der Waals surface area contributed by atoms with Crippen molar-refractivity contribution in [3.63, 3.8) is 0 Å². The summed E-state index contributed by atoms with van der Waals surface area (Å²) in [7, 11) is 0. The van der Waals surface area contributed by atoms with Crippen LogP contribution in [0.25, 0.3) is 0 Å². The summed E-state index contributed by atoms with van der Waals surface area (Å²) in [4.78, 5) is 0. The molecule has 1 N–H and O–H groups in total. The van der Waals surface area contributed by atoms with Crippen molar-refractivity contribution >= 4 is 11.4 Å². The first-order valence-corrected chi connectivity index (χ1v) is 5.82. The van der Waals surface area contributed by atoms with Gasteiger partial charge in [-0.2, -0.15) is 0 Å². The number of hydrogen-bond donors (Lipinski definition) is 1. The SMILES string of the molecule is C1CC1.c1ccc(Nc2ccccc2)cc1. The Labute approximate surface area is 97.1 Å². The van der Waals surface area contributed by atoms with Gasteiger partial charge in [-0.25, -0.2) is 0 Å². The standard InChI is InChI=1S/C12H11N.C3H6/c1-3-7-11(8-4-1)13-12-9-5-2-6-10-12;1-2-3-1/h1-10,13H;1-3H2. The van der Waals surface area contributed by atoms with Crippen molar-refractivity contribution in [3.8, 4) is 0 Å². The van der Waals surface area contributed by atoms with Crippen LogP contribution in [0.3, 0.4) is 0 Å². The fourth-order valence-corrected chi connectivity index (χ4v) is 1.21. The second-order valence-corrected chi connectivity index (χ2v) is 3.92. The van der Waals surface area contributed by atoms with E-state index in [4.69, 9.17) is 0 Å². The minimum Gasteiger partial charge on any atom is -0.356 e. The summed E-state index contributed by atoms with van der Waals surface area (Å²) >= 11 is 0. The average Bonchev–Trinajstić information content (AvgIpc) is 3.19. The van der Waals surface area contributed by atoms with Gasteiger partial charge in [-0.3, -0.25) is 0 Å². The normalized spacial score (nSPS) is 12.2. The molecule has 1 heteroatoms. The molecule has 16 heavy (non-hydrogen) atoms. The van der Waals surface area contributed by atoms with Crippen molar-refractivity contribution < 1.29 is 0 Å². The molecule has 82 valence electrons. The molecule has 1 nitrogen and oxygen atoms in total. The molecule has 1 saturated carbocycles. The number of hydrogen-bond acceptors (Lipinski definition) is 1. The van der Waals surface area contributed by atoms with Crippen LogP contribution in [-0.2, 0) is 0 Å². The lowest BCUT2D eigenvalue weighted by atomic mass is 10.3. The van der Waals surface area contributed by atoms with E-state index in [-0.39, 0.29) is 0 Å². The first-order valence-electron chi connectivity index (χ1n) is 5.82. The largest absolute Gasteiger partial charge is 0.356 e. The highest BCUT2D eigenvalue weighted by molar-refractivity contribution is 5.58. The Morgan fingerprint density at radius 1 is 0.562 bits per heavy atom. The lowest BCUT2D eigenvalue weighted by Gasteiger charge is -2.04. The molecule has 3 rings (SSSR count). The summed E-state index contributed by atoms with van der Waals surface area (Å²) in [5, 5.41) is 3.30. The second kappa shape index (κ2) is 5.96. The maximum atomic E-state index is 3.30. The zero-order valence-corrected chi connectivity index (χ0v) is 9.39. The monoisotopic (exact) mass is 211 g/mol. The van der Waals surface area contributed by atoms with E-state index in [2.05, 4.69) is 5.32 Å². The molecule has 1 fully saturated rings. The van der Waals surface area contributed by atoms with Crippen LogP contribution in [0, 0.1) is 0 Å². The molecule has 0 atom stereocenters. The molecule has 0 radical (unpaired) electrons. The summed E-state index contributed by atoms with van der Waals surface area (Å²) in [5.41, 5.74) is 2.24. The molecule has 0 aliphatic heterocycles. The van der Waals surface area contributed by atoms with E-state index in [1.807, 2.05) is 60.7 Å². The van der Waals surface area contributed by atoms with Crippen LogP contribution in [0.15, 0.2) is 60.7 Å². The Morgan fingerprint density at radius 2 is 0.938 bits per heavy atom. The Balaban J connectivity index is 0.000000278. The van der Waals surface area contributed by atoms with Crippen molar-refractivity contribution in [1.82, 2.24) is 0 Å². The molecule has 0 aromatic heterocycles. The Bertz CT molecular complexity index is 352. The lowest BCUT2D eigenvalue weighted by molar-refractivity contribution is 1.50. The van der Waals surface area contributed by atoms with E-state index in [0.717, 1.165) is 11.4 Å². The Morgan fingerprint density at radius 3 is 1.25 bits per heavy atom. The quantitative estimate of drug-likeness (QED) is 0.765. The zero-order chi connectivity index (χ0) is 11.1. The van der Waals surface area contributed by atoms with E-state index >= 15 is 0 Å². The van der Waals surface area contributed by atoms with Crippen molar-refractivity contribution in [2.24, 2.45) is 0 Å². The third kappa shape index (κ3) is 4.18. The second-order valence-electron chi connectivity index (χ2n) is 3.92. The van der Waals surface area contributed by atoms with Crippen molar-refractivity contribution in [2.45, 2.75) is 19.3 Å².